The van der Waals surface area contributed by atoms with Gasteiger partial charge in [0.05, 0.1) is 5.56 Å². The van der Waals surface area contributed by atoms with E-state index in [9.17, 15) is 9.59 Å². The number of benzene rings is 2. The molecule has 1 heterocycles. The zero-order valence-electron chi connectivity index (χ0n) is 13.3. The van der Waals surface area contributed by atoms with Crippen LogP contribution in [0.15, 0.2) is 42.5 Å². The second-order valence-corrected chi connectivity index (χ2v) is 6.03. The minimum Gasteiger partial charge on any atom is -0.452 e. The molecule has 1 aliphatic rings. The molecule has 0 radical (unpaired) electrons. The van der Waals surface area contributed by atoms with Crippen LogP contribution < -0.4 is 0 Å². The maximum atomic E-state index is 12.3. The van der Waals surface area contributed by atoms with E-state index in [0.717, 1.165) is 36.6 Å². The minimum absolute atomic E-state index is 0.106. The predicted octanol–water partition coefficient (Wildman–Crippen LogP) is 3.40. The fraction of sp³-hybridized carbons (Fsp3) is 0.368. The van der Waals surface area contributed by atoms with Gasteiger partial charge in [0, 0.05) is 12.6 Å². The van der Waals surface area contributed by atoms with Gasteiger partial charge in [0.2, 0.25) is 0 Å². The Labute approximate surface area is 136 Å². The standard InChI is InChI=1S/C19H21NO3/c1-14-7-4-5-12-20(14)18(21)13-23-19(22)17-11-6-9-15-8-2-3-10-16(15)17/h2-3,6,8-11,14H,4-5,7,12-13H2,1H3/t14-/m0/s1. The van der Waals surface area contributed by atoms with Crippen LogP contribution in [0.1, 0.15) is 36.5 Å². The van der Waals surface area contributed by atoms with E-state index in [0.29, 0.717) is 5.56 Å². The van der Waals surface area contributed by atoms with E-state index in [1.165, 1.54) is 0 Å². The third-order valence-corrected chi connectivity index (χ3v) is 4.46. The number of ether oxygens (including phenoxy) is 1. The van der Waals surface area contributed by atoms with Gasteiger partial charge in [-0.15, -0.1) is 0 Å². The molecule has 3 rings (SSSR count). The second-order valence-electron chi connectivity index (χ2n) is 6.03. The summed E-state index contributed by atoms with van der Waals surface area (Å²) in [6.45, 7) is 2.61. The molecular weight excluding hydrogens is 290 g/mol. The second kappa shape index (κ2) is 6.82. The largest absolute Gasteiger partial charge is 0.452 e. The summed E-state index contributed by atoms with van der Waals surface area (Å²) in [5.74, 6) is -0.550. The molecule has 1 aliphatic heterocycles. The zero-order valence-corrected chi connectivity index (χ0v) is 13.3. The number of hydrogen-bond acceptors (Lipinski definition) is 3. The van der Waals surface area contributed by atoms with Crippen molar-refractivity contribution in [3.8, 4) is 0 Å². The Balaban J connectivity index is 1.68. The molecule has 1 saturated heterocycles. The minimum atomic E-state index is -0.445. The van der Waals surface area contributed by atoms with Crippen molar-refractivity contribution in [2.45, 2.75) is 32.2 Å². The first kappa shape index (κ1) is 15.5. The average molecular weight is 311 g/mol. The number of nitrogens with zero attached hydrogens (tertiary/aromatic N) is 1. The lowest BCUT2D eigenvalue weighted by Crippen LogP contribution is -2.44. The van der Waals surface area contributed by atoms with Gasteiger partial charge in [0.15, 0.2) is 6.61 Å². The van der Waals surface area contributed by atoms with E-state index in [1.807, 2.05) is 48.2 Å². The number of rotatable bonds is 3. The molecule has 120 valence electrons. The van der Waals surface area contributed by atoms with Gasteiger partial charge in [-0.25, -0.2) is 4.79 Å². The summed E-state index contributed by atoms with van der Waals surface area (Å²) in [6.07, 6.45) is 3.19. The van der Waals surface area contributed by atoms with E-state index < -0.39 is 5.97 Å². The highest BCUT2D eigenvalue weighted by molar-refractivity contribution is 6.04. The first-order chi connectivity index (χ1) is 11.2. The maximum Gasteiger partial charge on any atom is 0.339 e. The Morgan fingerprint density at radius 2 is 1.91 bits per heavy atom. The Morgan fingerprint density at radius 3 is 2.74 bits per heavy atom. The van der Waals surface area contributed by atoms with Crippen LogP contribution in [0.4, 0.5) is 0 Å². The number of carbonyl (C=O) groups excluding carboxylic acids is 2. The Morgan fingerprint density at radius 1 is 1.13 bits per heavy atom. The third kappa shape index (κ3) is 3.36. The zero-order chi connectivity index (χ0) is 16.2. The SMILES string of the molecule is C[C@H]1CCCCN1C(=O)COC(=O)c1cccc2ccccc12. The van der Waals surface area contributed by atoms with E-state index in [4.69, 9.17) is 4.74 Å². The fourth-order valence-corrected chi connectivity index (χ4v) is 3.16. The average Bonchev–Trinajstić information content (AvgIpc) is 2.59. The van der Waals surface area contributed by atoms with Crippen molar-refractivity contribution >= 4 is 22.6 Å². The molecule has 0 N–H and O–H groups in total. The van der Waals surface area contributed by atoms with Crippen LogP contribution >= 0.6 is 0 Å². The molecule has 1 atom stereocenters. The van der Waals surface area contributed by atoms with Crippen LogP contribution in [0.2, 0.25) is 0 Å². The molecule has 4 heteroatoms. The first-order valence-corrected chi connectivity index (χ1v) is 8.11. The van der Waals surface area contributed by atoms with Crippen molar-refractivity contribution in [3.63, 3.8) is 0 Å². The number of esters is 1. The number of amides is 1. The molecule has 0 aromatic heterocycles. The van der Waals surface area contributed by atoms with Gasteiger partial charge in [-0.3, -0.25) is 4.79 Å². The molecule has 0 bridgehead atoms. The van der Waals surface area contributed by atoms with Gasteiger partial charge in [0.1, 0.15) is 0 Å². The van der Waals surface area contributed by atoms with Crippen molar-refractivity contribution in [3.05, 3.63) is 48.0 Å². The summed E-state index contributed by atoms with van der Waals surface area (Å²) in [5, 5.41) is 1.83. The summed E-state index contributed by atoms with van der Waals surface area (Å²) in [4.78, 5) is 26.4. The van der Waals surface area contributed by atoms with Gasteiger partial charge in [-0.2, -0.15) is 0 Å². The van der Waals surface area contributed by atoms with Crippen molar-refractivity contribution in [1.82, 2.24) is 4.90 Å². The van der Waals surface area contributed by atoms with Crippen molar-refractivity contribution in [2.24, 2.45) is 0 Å². The fourth-order valence-electron chi connectivity index (χ4n) is 3.16. The summed E-state index contributed by atoms with van der Waals surface area (Å²) in [6, 6.07) is 13.4. The van der Waals surface area contributed by atoms with Gasteiger partial charge in [-0.1, -0.05) is 36.4 Å². The highest BCUT2D eigenvalue weighted by Crippen LogP contribution is 2.20. The Hall–Kier alpha value is -2.36. The molecule has 0 spiro atoms. The molecular formula is C19H21NO3. The molecule has 1 amide bonds. The predicted molar refractivity (Wildman–Crippen MR) is 89.3 cm³/mol. The molecule has 0 saturated carbocycles. The Kier molecular flexibility index (Phi) is 4.60. The molecule has 0 unspecified atom stereocenters. The van der Waals surface area contributed by atoms with Crippen LogP contribution in [0.25, 0.3) is 10.8 Å². The van der Waals surface area contributed by atoms with Gasteiger partial charge < -0.3 is 9.64 Å². The number of fused-ring (bicyclic) bond motifs is 1. The van der Waals surface area contributed by atoms with Gasteiger partial charge >= 0.3 is 5.97 Å². The van der Waals surface area contributed by atoms with Crippen LogP contribution in [0.5, 0.6) is 0 Å². The van der Waals surface area contributed by atoms with Crippen LogP contribution in [-0.4, -0.2) is 36.0 Å². The third-order valence-electron chi connectivity index (χ3n) is 4.46. The van der Waals surface area contributed by atoms with E-state index in [1.54, 1.807) is 6.07 Å². The van der Waals surface area contributed by atoms with Crippen molar-refractivity contribution in [1.29, 1.82) is 0 Å². The smallest absolute Gasteiger partial charge is 0.339 e. The maximum absolute atomic E-state index is 12.3. The number of carbonyl (C=O) groups is 2. The summed E-state index contributed by atoms with van der Waals surface area (Å²) >= 11 is 0. The summed E-state index contributed by atoms with van der Waals surface area (Å²) in [7, 11) is 0. The number of piperidine rings is 1. The van der Waals surface area contributed by atoms with Gasteiger partial charge in [0.25, 0.3) is 5.91 Å². The molecule has 0 aliphatic carbocycles. The molecule has 2 aromatic rings. The van der Waals surface area contributed by atoms with E-state index >= 15 is 0 Å². The lowest BCUT2D eigenvalue weighted by Gasteiger charge is -2.33. The molecule has 4 nitrogen and oxygen atoms in total. The van der Waals surface area contributed by atoms with Crippen molar-refractivity contribution in [2.75, 3.05) is 13.2 Å². The lowest BCUT2D eigenvalue weighted by atomic mass is 10.0. The number of likely N-dealkylation sites (tertiary alicyclic amines) is 1. The molecule has 23 heavy (non-hydrogen) atoms. The Bertz CT molecular complexity index is 720. The molecule has 2 aromatic carbocycles. The van der Waals surface area contributed by atoms with E-state index in [2.05, 4.69) is 0 Å². The summed E-state index contributed by atoms with van der Waals surface area (Å²) < 4.78 is 5.27. The highest BCUT2D eigenvalue weighted by atomic mass is 16.5. The van der Waals surface area contributed by atoms with Crippen molar-refractivity contribution < 1.29 is 14.3 Å². The number of hydrogen-bond donors (Lipinski definition) is 0. The van der Waals surface area contributed by atoms with Crippen LogP contribution in [0, 0.1) is 0 Å². The quantitative estimate of drug-likeness (QED) is 0.816. The summed E-state index contributed by atoms with van der Waals surface area (Å²) in [5.41, 5.74) is 0.502. The van der Waals surface area contributed by atoms with Crippen LogP contribution in [-0.2, 0) is 9.53 Å². The monoisotopic (exact) mass is 311 g/mol. The van der Waals surface area contributed by atoms with Crippen LogP contribution in [0.3, 0.4) is 0 Å². The topological polar surface area (TPSA) is 46.6 Å². The normalized spacial score (nSPS) is 18.0. The molecule has 1 fully saturated rings. The lowest BCUT2D eigenvalue weighted by molar-refractivity contribution is -0.137. The first-order valence-electron chi connectivity index (χ1n) is 8.11. The highest BCUT2D eigenvalue weighted by Gasteiger charge is 2.24. The van der Waals surface area contributed by atoms with Gasteiger partial charge in [-0.05, 0) is 43.0 Å². The van der Waals surface area contributed by atoms with E-state index in [-0.39, 0.29) is 18.6 Å².